The second-order valence-corrected chi connectivity index (χ2v) is 5.44. The molecule has 0 aliphatic carbocycles. The van der Waals surface area contributed by atoms with Gasteiger partial charge in [-0.2, -0.15) is 5.26 Å². The van der Waals surface area contributed by atoms with Crippen LogP contribution in [0.1, 0.15) is 30.9 Å². The number of carboxylic acid groups (broad SMARTS) is 1. The van der Waals surface area contributed by atoms with Crippen LogP contribution < -0.4 is 5.73 Å². The number of pyridine rings is 1. The topological polar surface area (TPSA) is 100 Å². The lowest BCUT2D eigenvalue weighted by molar-refractivity contribution is -0.132. The molecule has 122 valence electrons. The van der Waals surface area contributed by atoms with Crippen molar-refractivity contribution in [3.63, 3.8) is 0 Å². The number of allylic oxidation sites excluding steroid dienone is 1. The number of rotatable bonds is 6. The van der Waals surface area contributed by atoms with E-state index in [0.717, 1.165) is 17.5 Å². The molecule has 1 aromatic carbocycles. The second kappa shape index (κ2) is 7.93. The smallest absolute Gasteiger partial charge is 0.333 e. The van der Waals surface area contributed by atoms with Crippen molar-refractivity contribution >= 4 is 5.97 Å². The number of aliphatic carboxylic acids is 1. The monoisotopic (exact) mass is 321 g/mol. The molecule has 3 N–H and O–H groups in total. The molecule has 24 heavy (non-hydrogen) atoms. The Hall–Kier alpha value is -3.13. The molecule has 0 spiro atoms. The Kier molecular flexibility index (Phi) is 5.69. The zero-order chi connectivity index (χ0) is 17.5. The fraction of sp³-hybridized carbons (Fsp3) is 0.211. The van der Waals surface area contributed by atoms with Gasteiger partial charge >= 0.3 is 5.97 Å². The van der Waals surface area contributed by atoms with Crippen LogP contribution in [0.25, 0.3) is 11.3 Å². The number of carbonyl (C=O) groups is 1. The minimum absolute atomic E-state index is 0.212. The normalized spacial score (nSPS) is 11.5. The van der Waals surface area contributed by atoms with E-state index in [4.69, 9.17) is 11.0 Å². The van der Waals surface area contributed by atoms with E-state index in [9.17, 15) is 9.90 Å². The van der Waals surface area contributed by atoms with E-state index in [2.05, 4.69) is 11.1 Å². The van der Waals surface area contributed by atoms with E-state index < -0.39 is 5.97 Å². The third kappa shape index (κ3) is 3.99. The Balaban J connectivity index is 2.28. The summed E-state index contributed by atoms with van der Waals surface area (Å²) in [5, 5.41) is 18.5. The first-order valence-corrected chi connectivity index (χ1v) is 7.72. The molecule has 2 aromatic rings. The summed E-state index contributed by atoms with van der Waals surface area (Å²) in [5.74, 6) is -1.00. The molecule has 0 fully saturated rings. The van der Waals surface area contributed by atoms with Crippen molar-refractivity contribution in [3.8, 4) is 17.3 Å². The van der Waals surface area contributed by atoms with E-state index in [1.807, 2.05) is 25.1 Å². The maximum atomic E-state index is 11.4. The van der Waals surface area contributed by atoms with Crippen molar-refractivity contribution in [1.29, 1.82) is 5.26 Å². The van der Waals surface area contributed by atoms with Crippen LogP contribution in [-0.4, -0.2) is 16.1 Å². The third-order valence-corrected chi connectivity index (χ3v) is 3.69. The van der Waals surface area contributed by atoms with Crippen LogP contribution in [0, 0.1) is 11.3 Å². The van der Waals surface area contributed by atoms with Crippen molar-refractivity contribution < 1.29 is 9.90 Å². The minimum Gasteiger partial charge on any atom is -0.478 e. The number of benzene rings is 1. The first-order valence-electron chi connectivity index (χ1n) is 7.72. The van der Waals surface area contributed by atoms with Crippen molar-refractivity contribution in [3.05, 3.63) is 65.0 Å². The number of aromatic nitrogens is 1. The van der Waals surface area contributed by atoms with Crippen LogP contribution in [0.3, 0.4) is 0 Å². The lowest BCUT2D eigenvalue weighted by atomic mass is 10.0. The summed E-state index contributed by atoms with van der Waals surface area (Å²) >= 11 is 0. The quantitative estimate of drug-likeness (QED) is 0.795. The Bertz CT molecular complexity index is 802. The lowest BCUT2D eigenvalue weighted by Gasteiger charge is -2.09. The average Bonchev–Trinajstić information content (AvgIpc) is 2.60. The SMILES string of the molecule is CCC/C(N)=C(/Cc1ccc(-c2ccccc2C#N)nc1)C(=O)O. The summed E-state index contributed by atoms with van der Waals surface area (Å²) in [4.78, 5) is 15.8. The molecule has 0 amide bonds. The molecule has 0 saturated carbocycles. The summed E-state index contributed by atoms with van der Waals surface area (Å²) in [6.07, 6.45) is 3.22. The zero-order valence-corrected chi connectivity index (χ0v) is 13.5. The van der Waals surface area contributed by atoms with Gasteiger partial charge in [-0.15, -0.1) is 0 Å². The molecule has 0 aliphatic heterocycles. The molecule has 0 saturated heterocycles. The average molecular weight is 321 g/mol. The Morgan fingerprint density at radius 2 is 2.04 bits per heavy atom. The molecule has 0 radical (unpaired) electrons. The van der Waals surface area contributed by atoms with Crippen molar-refractivity contribution in [2.45, 2.75) is 26.2 Å². The zero-order valence-electron chi connectivity index (χ0n) is 13.5. The van der Waals surface area contributed by atoms with Crippen molar-refractivity contribution in [2.24, 2.45) is 5.73 Å². The van der Waals surface area contributed by atoms with Crippen LogP contribution in [0.4, 0.5) is 0 Å². The molecular weight excluding hydrogens is 302 g/mol. The van der Waals surface area contributed by atoms with Gasteiger partial charge < -0.3 is 10.8 Å². The van der Waals surface area contributed by atoms with Crippen LogP contribution in [-0.2, 0) is 11.2 Å². The summed E-state index contributed by atoms with van der Waals surface area (Å²) in [7, 11) is 0. The number of nitrogens with zero attached hydrogens (tertiary/aromatic N) is 2. The van der Waals surface area contributed by atoms with Gasteiger partial charge in [0.2, 0.25) is 0 Å². The fourth-order valence-corrected chi connectivity index (χ4v) is 2.44. The van der Waals surface area contributed by atoms with Crippen LogP contribution in [0.2, 0.25) is 0 Å². The summed E-state index contributed by atoms with van der Waals surface area (Å²) < 4.78 is 0. The highest BCUT2D eigenvalue weighted by molar-refractivity contribution is 5.88. The number of nitriles is 1. The van der Waals surface area contributed by atoms with E-state index in [1.54, 1.807) is 24.4 Å². The largest absolute Gasteiger partial charge is 0.478 e. The van der Waals surface area contributed by atoms with Gasteiger partial charge in [-0.1, -0.05) is 37.6 Å². The predicted octanol–water partition coefficient (Wildman–Crippen LogP) is 3.26. The fourth-order valence-electron chi connectivity index (χ4n) is 2.44. The van der Waals surface area contributed by atoms with Gasteiger partial charge in [-0.3, -0.25) is 4.98 Å². The molecule has 0 unspecified atom stereocenters. The van der Waals surface area contributed by atoms with Crippen LogP contribution >= 0.6 is 0 Å². The van der Waals surface area contributed by atoms with E-state index >= 15 is 0 Å². The molecule has 5 heteroatoms. The molecule has 5 nitrogen and oxygen atoms in total. The highest BCUT2D eigenvalue weighted by atomic mass is 16.4. The first-order chi connectivity index (χ1) is 11.6. The Morgan fingerprint density at radius 1 is 1.29 bits per heavy atom. The van der Waals surface area contributed by atoms with Crippen molar-refractivity contribution in [2.75, 3.05) is 0 Å². The third-order valence-electron chi connectivity index (χ3n) is 3.69. The Labute approximate surface area is 141 Å². The maximum absolute atomic E-state index is 11.4. The Morgan fingerprint density at radius 3 is 2.62 bits per heavy atom. The minimum atomic E-state index is -1.00. The summed E-state index contributed by atoms with van der Waals surface area (Å²) in [6.45, 7) is 1.95. The molecular formula is C19H19N3O2. The van der Waals surface area contributed by atoms with Gasteiger partial charge in [-0.05, 0) is 24.1 Å². The van der Waals surface area contributed by atoms with Crippen LogP contribution in [0.15, 0.2) is 53.9 Å². The van der Waals surface area contributed by atoms with Gasteiger partial charge in [0.15, 0.2) is 0 Å². The van der Waals surface area contributed by atoms with Gasteiger partial charge in [0, 0.05) is 23.9 Å². The first kappa shape index (κ1) is 17.2. The molecule has 0 aliphatic rings. The highest BCUT2D eigenvalue weighted by Crippen LogP contribution is 2.22. The molecule has 0 bridgehead atoms. The van der Waals surface area contributed by atoms with Crippen molar-refractivity contribution in [1.82, 2.24) is 4.98 Å². The van der Waals surface area contributed by atoms with Gasteiger partial charge in [0.25, 0.3) is 0 Å². The highest BCUT2D eigenvalue weighted by Gasteiger charge is 2.13. The van der Waals surface area contributed by atoms with Gasteiger partial charge in [0.05, 0.1) is 22.9 Å². The second-order valence-electron chi connectivity index (χ2n) is 5.44. The number of hydrogen-bond donors (Lipinski definition) is 2. The van der Waals surface area contributed by atoms with E-state index in [-0.39, 0.29) is 12.0 Å². The molecule has 1 aromatic heterocycles. The summed E-state index contributed by atoms with van der Waals surface area (Å²) in [5.41, 5.74) is 9.25. The predicted molar refractivity (Wildman–Crippen MR) is 91.8 cm³/mol. The molecule has 1 heterocycles. The number of hydrogen-bond acceptors (Lipinski definition) is 4. The summed E-state index contributed by atoms with van der Waals surface area (Å²) in [6, 6.07) is 13.0. The van der Waals surface area contributed by atoms with Crippen LogP contribution in [0.5, 0.6) is 0 Å². The number of nitrogens with two attached hydrogens (primary N) is 1. The van der Waals surface area contributed by atoms with Gasteiger partial charge in [0.1, 0.15) is 0 Å². The van der Waals surface area contributed by atoms with E-state index in [1.165, 1.54) is 0 Å². The molecule has 0 atom stereocenters. The standard InChI is InChI=1S/C19H19N3O2/c1-2-5-17(21)16(19(23)24)10-13-8-9-18(22-12-13)15-7-4-3-6-14(15)11-20/h3-4,6-9,12H,2,5,10,21H2,1H3,(H,23,24)/b17-16+. The lowest BCUT2D eigenvalue weighted by Crippen LogP contribution is -2.13. The van der Waals surface area contributed by atoms with Gasteiger partial charge in [-0.25, -0.2) is 4.79 Å². The van der Waals surface area contributed by atoms with E-state index in [0.29, 0.717) is 23.4 Å². The molecule has 2 rings (SSSR count). The maximum Gasteiger partial charge on any atom is 0.333 e. The number of carboxylic acids is 1.